The fourth-order valence-electron chi connectivity index (χ4n) is 1.84. The fourth-order valence-corrected chi connectivity index (χ4v) is 1.84. The van der Waals surface area contributed by atoms with E-state index in [-0.39, 0.29) is 23.2 Å². The molecule has 0 saturated heterocycles. The molecule has 1 heterocycles. The predicted octanol–water partition coefficient (Wildman–Crippen LogP) is 0.961. The van der Waals surface area contributed by atoms with Gasteiger partial charge in [0.1, 0.15) is 5.82 Å². The maximum Gasteiger partial charge on any atom is 0.269 e. The number of nitrogens with one attached hydrogen (secondary N) is 1. The quantitative estimate of drug-likeness (QED) is 0.858. The Morgan fingerprint density at radius 2 is 2.19 bits per heavy atom. The second-order valence-electron chi connectivity index (χ2n) is 4.44. The van der Waals surface area contributed by atoms with Crippen molar-refractivity contribution < 1.29 is 9.18 Å². The number of primary amides is 1. The van der Waals surface area contributed by atoms with Crippen molar-refractivity contribution in [1.82, 2.24) is 9.78 Å². The van der Waals surface area contributed by atoms with E-state index in [9.17, 15) is 14.0 Å². The minimum absolute atomic E-state index is 0.0177. The van der Waals surface area contributed by atoms with Gasteiger partial charge < -0.3 is 11.1 Å². The summed E-state index contributed by atoms with van der Waals surface area (Å²) in [5.74, 6) is -1.30. The number of carbonyl (C=O) groups excluding carboxylic acids is 1. The number of nitrogens with two attached hydrogens (primary N) is 1. The van der Waals surface area contributed by atoms with Crippen molar-refractivity contribution in [3.63, 3.8) is 0 Å². The summed E-state index contributed by atoms with van der Waals surface area (Å²) in [4.78, 5) is 22.8. The molecule has 6 nitrogen and oxygen atoms in total. The van der Waals surface area contributed by atoms with Gasteiger partial charge >= 0.3 is 0 Å². The van der Waals surface area contributed by atoms with Crippen LogP contribution in [0.3, 0.4) is 0 Å². The third-order valence-electron chi connectivity index (χ3n) is 2.91. The van der Waals surface area contributed by atoms with Gasteiger partial charge in [0.25, 0.3) is 5.56 Å². The van der Waals surface area contributed by atoms with E-state index in [0.29, 0.717) is 12.2 Å². The molecule has 0 radical (unpaired) electrons. The first-order chi connectivity index (χ1) is 10.0. The first-order valence-corrected chi connectivity index (χ1v) is 6.40. The first-order valence-electron chi connectivity index (χ1n) is 6.40. The number of carbonyl (C=O) groups is 1. The van der Waals surface area contributed by atoms with Gasteiger partial charge in [-0.05, 0) is 19.1 Å². The van der Waals surface area contributed by atoms with Gasteiger partial charge in [-0.2, -0.15) is 5.10 Å². The van der Waals surface area contributed by atoms with E-state index in [1.807, 2.05) is 6.92 Å². The van der Waals surface area contributed by atoms with Crippen molar-refractivity contribution in [1.29, 1.82) is 0 Å². The van der Waals surface area contributed by atoms with Crippen LogP contribution in [0, 0.1) is 5.82 Å². The molecule has 0 atom stereocenters. The summed E-state index contributed by atoms with van der Waals surface area (Å²) >= 11 is 0. The number of hydrogen-bond acceptors (Lipinski definition) is 4. The predicted molar refractivity (Wildman–Crippen MR) is 76.7 cm³/mol. The van der Waals surface area contributed by atoms with Gasteiger partial charge in [0.2, 0.25) is 5.91 Å². The number of benzene rings is 1. The van der Waals surface area contributed by atoms with Crippen molar-refractivity contribution in [2.75, 3.05) is 11.9 Å². The minimum atomic E-state index is -0.703. The Labute approximate surface area is 120 Å². The molecule has 2 rings (SSSR count). The van der Waals surface area contributed by atoms with Crippen molar-refractivity contribution in [3.05, 3.63) is 57.8 Å². The zero-order valence-electron chi connectivity index (χ0n) is 11.5. The molecule has 0 fully saturated rings. The van der Waals surface area contributed by atoms with Crippen LogP contribution in [-0.4, -0.2) is 22.2 Å². The normalized spacial score (nSPS) is 10.4. The van der Waals surface area contributed by atoms with E-state index in [1.54, 1.807) is 0 Å². The maximum absolute atomic E-state index is 13.9. The van der Waals surface area contributed by atoms with Crippen molar-refractivity contribution in [2.45, 2.75) is 13.5 Å². The van der Waals surface area contributed by atoms with Crippen LogP contribution in [0.1, 0.15) is 22.8 Å². The van der Waals surface area contributed by atoms with Gasteiger partial charge in [-0.1, -0.05) is 6.07 Å². The van der Waals surface area contributed by atoms with E-state index in [0.717, 1.165) is 10.7 Å². The van der Waals surface area contributed by atoms with E-state index >= 15 is 0 Å². The molecule has 0 saturated carbocycles. The molecule has 1 amide bonds. The highest BCUT2D eigenvalue weighted by molar-refractivity contribution is 5.92. The Morgan fingerprint density at radius 1 is 1.43 bits per heavy atom. The molecule has 0 aliphatic carbocycles. The number of nitrogens with zero attached hydrogens (tertiary/aromatic N) is 2. The average molecular weight is 290 g/mol. The molecule has 1 aromatic heterocycles. The van der Waals surface area contributed by atoms with E-state index in [4.69, 9.17) is 5.73 Å². The lowest BCUT2D eigenvalue weighted by Crippen LogP contribution is -2.23. The highest BCUT2D eigenvalue weighted by Gasteiger charge is 2.09. The lowest BCUT2D eigenvalue weighted by Gasteiger charge is -2.08. The topological polar surface area (TPSA) is 90.0 Å². The van der Waals surface area contributed by atoms with Crippen LogP contribution in [0.15, 0.2) is 35.3 Å². The van der Waals surface area contributed by atoms with Crippen LogP contribution in [0.5, 0.6) is 0 Å². The van der Waals surface area contributed by atoms with Gasteiger partial charge in [0.05, 0.1) is 18.4 Å². The Kier molecular flexibility index (Phi) is 4.32. The van der Waals surface area contributed by atoms with E-state index < -0.39 is 11.7 Å². The number of amides is 1. The van der Waals surface area contributed by atoms with E-state index in [2.05, 4.69) is 10.4 Å². The van der Waals surface area contributed by atoms with Crippen molar-refractivity contribution in [2.24, 2.45) is 5.73 Å². The monoisotopic (exact) mass is 290 g/mol. The minimum Gasteiger partial charge on any atom is -0.384 e. The number of halogens is 1. The first kappa shape index (κ1) is 14.7. The highest BCUT2D eigenvalue weighted by Crippen LogP contribution is 2.11. The van der Waals surface area contributed by atoms with Crippen LogP contribution in [0.25, 0.3) is 0 Å². The SMILES string of the molecule is CCNc1cnn(Cc2ccc(C(N)=O)cc2F)c(=O)c1. The number of anilines is 1. The fraction of sp³-hybridized carbons (Fsp3) is 0.214. The Bertz CT molecular complexity index is 727. The van der Waals surface area contributed by atoms with Crippen LogP contribution < -0.4 is 16.6 Å². The molecule has 0 unspecified atom stereocenters. The highest BCUT2D eigenvalue weighted by atomic mass is 19.1. The van der Waals surface area contributed by atoms with Crippen LogP contribution in [0.2, 0.25) is 0 Å². The molecule has 7 heteroatoms. The third-order valence-corrected chi connectivity index (χ3v) is 2.91. The molecule has 2 aromatic rings. The summed E-state index contributed by atoms with van der Waals surface area (Å²) in [6.45, 7) is 2.56. The van der Waals surface area contributed by atoms with E-state index in [1.165, 1.54) is 24.4 Å². The number of rotatable bonds is 5. The van der Waals surface area contributed by atoms with Crippen molar-refractivity contribution in [3.8, 4) is 0 Å². The molecule has 0 aliphatic rings. The second-order valence-corrected chi connectivity index (χ2v) is 4.44. The summed E-state index contributed by atoms with van der Waals surface area (Å²) in [5, 5.41) is 6.94. The van der Waals surface area contributed by atoms with Crippen LogP contribution in [-0.2, 0) is 6.54 Å². The summed E-state index contributed by atoms with van der Waals surface area (Å²) in [7, 11) is 0. The molecular weight excluding hydrogens is 275 g/mol. The molecule has 1 aromatic carbocycles. The lowest BCUT2D eigenvalue weighted by molar-refractivity contribution is 0.1000. The summed E-state index contributed by atoms with van der Waals surface area (Å²) in [5.41, 5.74) is 5.69. The zero-order valence-corrected chi connectivity index (χ0v) is 11.5. The van der Waals surface area contributed by atoms with Crippen LogP contribution >= 0.6 is 0 Å². The van der Waals surface area contributed by atoms with Gasteiger partial charge in [0.15, 0.2) is 0 Å². The summed E-state index contributed by atoms with van der Waals surface area (Å²) in [6.07, 6.45) is 1.50. The molecule has 3 N–H and O–H groups in total. The Morgan fingerprint density at radius 3 is 2.76 bits per heavy atom. The van der Waals surface area contributed by atoms with Gasteiger partial charge in [0, 0.05) is 23.7 Å². The average Bonchev–Trinajstić information content (AvgIpc) is 2.43. The molecule has 110 valence electrons. The third kappa shape index (κ3) is 3.44. The standard InChI is InChI=1S/C14H15FN4O2/c1-2-17-11-6-13(20)19(18-7-11)8-10-4-3-9(14(16)21)5-12(10)15/h3-7,17H,2,8H2,1H3,(H2,16,21). The van der Waals surface area contributed by atoms with Gasteiger partial charge in [-0.3, -0.25) is 9.59 Å². The molecule has 21 heavy (non-hydrogen) atoms. The lowest BCUT2D eigenvalue weighted by atomic mass is 10.1. The molecule has 0 bridgehead atoms. The molecular formula is C14H15FN4O2. The smallest absolute Gasteiger partial charge is 0.269 e. The number of aromatic nitrogens is 2. The Balaban J connectivity index is 2.26. The summed E-state index contributed by atoms with van der Waals surface area (Å²) < 4.78 is 15.0. The zero-order chi connectivity index (χ0) is 15.4. The molecule has 0 spiro atoms. The maximum atomic E-state index is 13.9. The second kappa shape index (κ2) is 6.17. The Hall–Kier alpha value is -2.70. The van der Waals surface area contributed by atoms with Gasteiger partial charge in [-0.15, -0.1) is 0 Å². The van der Waals surface area contributed by atoms with Crippen molar-refractivity contribution >= 4 is 11.6 Å². The van der Waals surface area contributed by atoms with Gasteiger partial charge in [-0.25, -0.2) is 9.07 Å². The number of hydrogen-bond donors (Lipinski definition) is 2. The molecule has 0 aliphatic heterocycles. The van der Waals surface area contributed by atoms with Crippen LogP contribution in [0.4, 0.5) is 10.1 Å². The largest absolute Gasteiger partial charge is 0.384 e. The summed E-state index contributed by atoms with van der Waals surface area (Å²) in [6, 6.07) is 5.28.